The minimum atomic E-state index is -4.71. The number of nitro benzene ring substituents is 1. The van der Waals surface area contributed by atoms with Gasteiger partial charge in [0.15, 0.2) is 0 Å². The van der Waals surface area contributed by atoms with Crippen molar-refractivity contribution in [2.75, 3.05) is 67.8 Å². The Morgan fingerprint density at radius 3 is 2.05 bits per heavy atom. The first-order valence-electron chi connectivity index (χ1n) is 12.6. The van der Waals surface area contributed by atoms with Crippen LogP contribution in [0.2, 0.25) is 0 Å². The molecule has 3 heterocycles. The molecule has 0 bridgehead atoms. The predicted molar refractivity (Wildman–Crippen MR) is 142 cm³/mol. The van der Waals surface area contributed by atoms with Crippen LogP contribution in [0.1, 0.15) is 11.1 Å². The third kappa shape index (κ3) is 7.15. The second-order valence-corrected chi connectivity index (χ2v) is 8.94. The minimum absolute atomic E-state index is 0.195. The van der Waals surface area contributed by atoms with E-state index in [2.05, 4.69) is 25.5 Å². The van der Waals surface area contributed by atoms with Crippen LogP contribution < -0.4 is 20.0 Å². The molecule has 2 saturated heterocycles. The maximum atomic E-state index is 12.9. The number of ether oxygens (including phenoxy) is 3. The number of nitrogens with one attached hydrogen (secondary N) is 1. The molecule has 0 amide bonds. The van der Waals surface area contributed by atoms with Gasteiger partial charge in [0.05, 0.1) is 43.1 Å². The Kier molecular flexibility index (Phi) is 8.39. The molecule has 0 unspecified atom stereocenters. The minimum Gasteiger partial charge on any atom is -0.450 e. The summed E-state index contributed by atoms with van der Waals surface area (Å²) < 4.78 is 55.2. The van der Waals surface area contributed by atoms with E-state index in [1.54, 1.807) is 12.1 Å². The fourth-order valence-corrected chi connectivity index (χ4v) is 4.05. The van der Waals surface area contributed by atoms with Crippen LogP contribution in [0, 0.1) is 10.1 Å². The van der Waals surface area contributed by atoms with Crippen molar-refractivity contribution in [3.63, 3.8) is 0 Å². The number of hydrogen-bond acceptors (Lipinski definition) is 12. The van der Waals surface area contributed by atoms with Crippen molar-refractivity contribution in [2.45, 2.75) is 6.18 Å². The average molecular weight is 575 g/mol. The van der Waals surface area contributed by atoms with E-state index in [4.69, 9.17) is 14.2 Å². The largest absolute Gasteiger partial charge is 0.450 e. The maximum Gasteiger partial charge on any atom is 0.416 e. The molecule has 0 spiro atoms. The number of rotatable bonds is 8. The zero-order valence-corrected chi connectivity index (χ0v) is 21.6. The molecular weight excluding hydrogens is 549 g/mol. The molecule has 216 valence electrons. The number of aromatic nitrogens is 3. The van der Waals surface area contributed by atoms with Crippen LogP contribution in [-0.2, 0) is 15.7 Å². The topological polar surface area (TPSA) is 140 Å². The van der Waals surface area contributed by atoms with Crippen LogP contribution >= 0.6 is 0 Å². The van der Waals surface area contributed by atoms with Crippen LogP contribution in [0.15, 0.2) is 47.6 Å². The van der Waals surface area contributed by atoms with Crippen LogP contribution in [0.25, 0.3) is 0 Å². The van der Waals surface area contributed by atoms with Gasteiger partial charge >= 0.3 is 11.9 Å². The molecule has 2 aromatic carbocycles. The Morgan fingerprint density at radius 2 is 1.51 bits per heavy atom. The fraction of sp³-hybridized carbons (Fsp3) is 0.360. The summed E-state index contributed by atoms with van der Waals surface area (Å²) in [5.74, 6) is 1.17. The van der Waals surface area contributed by atoms with Gasteiger partial charge in [-0.1, -0.05) is 0 Å². The highest BCUT2D eigenvalue weighted by molar-refractivity contribution is 5.80. The number of anilines is 3. The van der Waals surface area contributed by atoms with E-state index < -0.39 is 22.4 Å². The quantitative estimate of drug-likeness (QED) is 0.239. The van der Waals surface area contributed by atoms with Crippen molar-refractivity contribution in [3.05, 3.63) is 63.7 Å². The number of benzene rings is 2. The molecule has 1 N–H and O–H groups in total. The molecule has 2 aliphatic heterocycles. The van der Waals surface area contributed by atoms with Crippen molar-refractivity contribution in [2.24, 2.45) is 5.10 Å². The molecule has 41 heavy (non-hydrogen) atoms. The van der Waals surface area contributed by atoms with Crippen molar-refractivity contribution in [3.8, 4) is 11.5 Å². The maximum absolute atomic E-state index is 12.9. The number of nitro groups is 1. The molecule has 2 fully saturated rings. The van der Waals surface area contributed by atoms with Gasteiger partial charge in [0, 0.05) is 32.2 Å². The average Bonchev–Trinajstić information content (AvgIpc) is 2.98. The van der Waals surface area contributed by atoms with E-state index in [0.717, 1.165) is 12.1 Å². The van der Waals surface area contributed by atoms with Crippen molar-refractivity contribution in [1.29, 1.82) is 0 Å². The van der Waals surface area contributed by atoms with Gasteiger partial charge in [-0.3, -0.25) is 10.1 Å². The second kappa shape index (κ2) is 12.3. The highest BCUT2D eigenvalue weighted by Gasteiger charge is 2.33. The first-order valence-corrected chi connectivity index (χ1v) is 12.6. The number of morpholine rings is 2. The Balaban J connectivity index is 1.28. The summed E-state index contributed by atoms with van der Waals surface area (Å²) in [6.07, 6.45) is -3.20. The van der Waals surface area contributed by atoms with E-state index in [1.165, 1.54) is 18.3 Å². The van der Waals surface area contributed by atoms with Gasteiger partial charge in [0.1, 0.15) is 5.75 Å². The van der Waals surface area contributed by atoms with Crippen molar-refractivity contribution < 1.29 is 32.3 Å². The van der Waals surface area contributed by atoms with Gasteiger partial charge in [0.25, 0.3) is 0 Å². The number of alkyl halides is 3. The SMILES string of the molecule is O=[N+]([O-])c1cc(C(F)(F)F)ccc1Oc1ccc(C=NNc2nc(N3CCOCC3)nc(N3CCOCC3)n2)cc1. The summed E-state index contributed by atoms with van der Waals surface area (Å²) in [7, 11) is 0. The fourth-order valence-electron chi connectivity index (χ4n) is 4.05. The molecule has 2 aliphatic rings. The Labute approximate surface area is 231 Å². The van der Waals surface area contributed by atoms with Crippen LogP contribution in [0.3, 0.4) is 0 Å². The first-order chi connectivity index (χ1) is 19.8. The van der Waals surface area contributed by atoms with Gasteiger partial charge in [-0.15, -0.1) is 0 Å². The summed E-state index contributed by atoms with van der Waals surface area (Å²) in [4.78, 5) is 28.1. The molecule has 0 aliphatic carbocycles. The predicted octanol–water partition coefficient (Wildman–Crippen LogP) is 3.71. The molecule has 13 nitrogen and oxygen atoms in total. The Bertz CT molecular complexity index is 1360. The van der Waals surface area contributed by atoms with Crippen LogP contribution in [0.5, 0.6) is 11.5 Å². The number of halogens is 3. The molecule has 3 aromatic rings. The number of nitrogens with zero attached hydrogens (tertiary/aromatic N) is 7. The lowest BCUT2D eigenvalue weighted by Gasteiger charge is -2.30. The van der Waals surface area contributed by atoms with E-state index in [9.17, 15) is 23.3 Å². The van der Waals surface area contributed by atoms with Crippen molar-refractivity contribution in [1.82, 2.24) is 15.0 Å². The van der Waals surface area contributed by atoms with Gasteiger partial charge < -0.3 is 24.0 Å². The van der Waals surface area contributed by atoms with Crippen LogP contribution in [0.4, 0.5) is 36.7 Å². The molecule has 1 aromatic heterocycles. The van der Waals surface area contributed by atoms with E-state index in [0.29, 0.717) is 76.1 Å². The van der Waals surface area contributed by atoms with Crippen molar-refractivity contribution >= 4 is 29.7 Å². The molecule has 5 rings (SSSR count). The normalized spacial score (nSPS) is 16.2. The molecule has 16 heteroatoms. The number of hydrogen-bond donors (Lipinski definition) is 1. The Hall–Kier alpha value is -4.57. The molecule has 0 radical (unpaired) electrons. The van der Waals surface area contributed by atoms with Gasteiger partial charge in [-0.25, -0.2) is 5.43 Å². The molecule has 0 atom stereocenters. The van der Waals surface area contributed by atoms with E-state index in [1.807, 2.05) is 9.80 Å². The number of hydrazone groups is 1. The highest BCUT2D eigenvalue weighted by atomic mass is 19.4. The smallest absolute Gasteiger partial charge is 0.416 e. The molecular formula is C25H25F3N8O5. The summed E-state index contributed by atoms with van der Waals surface area (Å²) in [5, 5.41) is 15.5. The van der Waals surface area contributed by atoms with E-state index >= 15 is 0 Å². The summed E-state index contributed by atoms with van der Waals surface area (Å²) in [6, 6.07) is 8.37. The summed E-state index contributed by atoms with van der Waals surface area (Å²) in [6.45, 7) is 4.91. The Morgan fingerprint density at radius 1 is 0.927 bits per heavy atom. The zero-order chi connectivity index (χ0) is 28.8. The van der Waals surface area contributed by atoms with Gasteiger partial charge in [0.2, 0.25) is 23.6 Å². The summed E-state index contributed by atoms with van der Waals surface area (Å²) >= 11 is 0. The first kappa shape index (κ1) is 28.0. The van der Waals surface area contributed by atoms with E-state index in [-0.39, 0.29) is 17.4 Å². The lowest BCUT2D eigenvalue weighted by Crippen LogP contribution is -2.40. The third-order valence-corrected chi connectivity index (χ3v) is 6.17. The third-order valence-electron chi connectivity index (χ3n) is 6.17. The molecule has 0 saturated carbocycles. The van der Waals surface area contributed by atoms with Crippen LogP contribution in [-0.4, -0.2) is 78.7 Å². The second-order valence-electron chi connectivity index (χ2n) is 8.94. The van der Waals surface area contributed by atoms with Gasteiger partial charge in [-0.2, -0.15) is 33.2 Å². The monoisotopic (exact) mass is 574 g/mol. The lowest BCUT2D eigenvalue weighted by molar-refractivity contribution is -0.385. The summed E-state index contributed by atoms with van der Waals surface area (Å²) in [5.41, 5.74) is 1.55. The zero-order valence-electron chi connectivity index (χ0n) is 21.6. The highest BCUT2D eigenvalue weighted by Crippen LogP contribution is 2.37. The lowest BCUT2D eigenvalue weighted by atomic mass is 10.2. The standard InChI is InChI=1S/C25H25F3N8O5/c26-25(27,28)18-3-6-21(20(15-18)36(37)38)41-19-4-1-17(2-5-19)16-29-33-22-30-23(34-7-11-39-12-8-34)32-24(31-22)35-9-13-40-14-10-35/h1-6,15-16H,7-14H2,(H,30,31,32,33). The van der Waals surface area contributed by atoms with Gasteiger partial charge in [-0.05, 0) is 42.0 Å².